The number of Topliss-reactive ketones (excluding diaryl/α,β-unsaturated/α-hetero) is 2. The Bertz CT molecular complexity index is 810. The number of aliphatic hydroxyl groups excluding tert-OH is 1. The van der Waals surface area contributed by atoms with E-state index in [1.54, 1.807) is 24.5 Å². The van der Waals surface area contributed by atoms with E-state index in [4.69, 9.17) is 0 Å². The molecular weight excluding hydrogens is 278 g/mol. The summed E-state index contributed by atoms with van der Waals surface area (Å²) in [5.41, 5.74) is 1.23. The Labute approximate surface area is 128 Å². The number of fused-ring (bicyclic) bond motifs is 1. The zero-order chi connectivity index (χ0) is 16.1. The minimum absolute atomic E-state index is 0.116. The van der Waals surface area contributed by atoms with E-state index >= 15 is 0 Å². The second-order valence-corrected chi connectivity index (χ2v) is 5.97. The van der Waals surface area contributed by atoms with Gasteiger partial charge in [0, 0.05) is 5.69 Å². The number of rotatable bonds is 2. The van der Waals surface area contributed by atoms with Gasteiger partial charge in [0.25, 0.3) is 0 Å². The molecule has 0 unspecified atom stereocenters. The molecule has 4 nitrogen and oxygen atoms in total. The van der Waals surface area contributed by atoms with Gasteiger partial charge in [-0.15, -0.1) is 0 Å². The Balaban J connectivity index is 2.33. The van der Waals surface area contributed by atoms with Crippen LogP contribution in [0.15, 0.2) is 48.0 Å². The second-order valence-electron chi connectivity index (χ2n) is 5.97. The van der Waals surface area contributed by atoms with Crippen molar-refractivity contribution in [2.45, 2.75) is 26.3 Å². The van der Waals surface area contributed by atoms with E-state index in [2.05, 4.69) is 0 Å². The van der Waals surface area contributed by atoms with Gasteiger partial charge in [-0.25, -0.2) is 0 Å². The Morgan fingerprint density at radius 2 is 1.64 bits per heavy atom. The zero-order valence-electron chi connectivity index (χ0n) is 12.8. The molecule has 0 spiro atoms. The summed E-state index contributed by atoms with van der Waals surface area (Å²) in [7, 11) is 0. The van der Waals surface area contributed by atoms with Crippen molar-refractivity contribution in [2.24, 2.45) is 0 Å². The fraction of sp³-hybridized carbons (Fsp3) is 0.222. The van der Waals surface area contributed by atoms with E-state index in [1.165, 1.54) is 6.92 Å². The lowest BCUT2D eigenvalue weighted by Gasteiger charge is -2.34. The van der Waals surface area contributed by atoms with Crippen molar-refractivity contribution in [3.63, 3.8) is 0 Å². The normalized spacial score (nSPS) is 16.6. The van der Waals surface area contributed by atoms with Crippen molar-refractivity contribution in [2.75, 3.05) is 0 Å². The van der Waals surface area contributed by atoms with Crippen LogP contribution in [0.25, 0.3) is 17.0 Å². The summed E-state index contributed by atoms with van der Waals surface area (Å²) in [6.07, 6.45) is 0. The summed E-state index contributed by atoms with van der Waals surface area (Å²) in [4.78, 5) is 24.4. The Kier molecular flexibility index (Phi) is 3.06. The van der Waals surface area contributed by atoms with Crippen LogP contribution >= 0.6 is 0 Å². The Morgan fingerprint density at radius 1 is 1.05 bits per heavy atom. The SMILES string of the molecule is CC(=O)C1=C(O)c2ccc(-c3ccccc3)n2C(C)(C)C1=O. The zero-order valence-corrected chi connectivity index (χ0v) is 12.8. The number of allylic oxidation sites excluding steroid dienone is 1. The van der Waals surface area contributed by atoms with Gasteiger partial charge in [-0.05, 0) is 38.5 Å². The average Bonchev–Trinajstić information content (AvgIpc) is 2.92. The number of hydrogen-bond acceptors (Lipinski definition) is 3. The number of carbonyl (C=O) groups excluding carboxylic acids is 2. The number of nitrogens with zero attached hydrogens (tertiary/aromatic N) is 1. The molecule has 22 heavy (non-hydrogen) atoms. The van der Waals surface area contributed by atoms with Crippen LogP contribution in [0.3, 0.4) is 0 Å². The third-order valence-corrected chi connectivity index (χ3v) is 4.12. The second kappa shape index (κ2) is 4.70. The number of aliphatic hydroxyl groups is 1. The molecule has 2 aromatic rings. The van der Waals surface area contributed by atoms with Gasteiger partial charge in [-0.2, -0.15) is 0 Å². The monoisotopic (exact) mass is 295 g/mol. The van der Waals surface area contributed by atoms with Crippen molar-refractivity contribution < 1.29 is 14.7 Å². The van der Waals surface area contributed by atoms with Gasteiger partial charge in [0.15, 0.2) is 17.3 Å². The third kappa shape index (κ3) is 1.84. The van der Waals surface area contributed by atoms with Crippen LogP contribution in [0.5, 0.6) is 0 Å². The highest BCUT2D eigenvalue weighted by Gasteiger charge is 2.43. The molecule has 2 heterocycles. The molecule has 0 atom stereocenters. The highest BCUT2D eigenvalue weighted by atomic mass is 16.3. The van der Waals surface area contributed by atoms with E-state index in [0.29, 0.717) is 5.69 Å². The van der Waals surface area contributed by atoms with Gasteiger partial charge in [0.1, 0.15) is 11.1 Å². The van der Waals surface area contributed by atoms with E-state index in [1.807, 2.05) is 36.4 Å². The van der Waals surface area contributed by atoms with E-state index in [-0.39, 0.29) is 17.1 Å². The molecule has 0 fully saturated rings. The van der Waals surface area contributed by atoms with Crippen LogP contribution in [0.2, 0.25) is 0 Å². The van der Waals surface area contributed by atoms with Crippen molar-refractivity contribution in [3.8, 4) is 11.3 Å². The lowest BCUT2D eigenvalue weighted by molar-refractivity contribution is -0.125. The number of carbonyl (C=O) groups is 2. The first kappa shape index (κ1) is 14.3. The number of benzene rings is 1. The molecule has 0 radical (unpaired) electrons. The fourth-order valence-corrected chi connectivity index (χ4v) is 3.03. The van der Waals surface area contributed by atoms with Crippen LogP contribution in [-0.4, -0.2) is 21.2 Å². The maximum Gasteiger partial charge on any atom is 0.195 e. The Morgan fingerprint density at radius 3 is 2.23 bits per heavy atom. The Hall–Kier alpha value is -2.62. The van der Waals surface area contributed by atoms with Crippen LogP contribution < -0.4 is 0 Å². The van der Waals surface area contributed by atoms with E-state index in [9.17, 15) is 14.7 Å². The molecule has 4 heteroatoms. The molecule has 112 valence electrons. The largest absolute Gasteiger partial charge is 0.505 e. The van der Waals surface area contributed by atoms with Crippen LogP contribution in [0.4, 0.5) is 0 Å². The van der Waals surface area contributed by atoms with Gasteiger partial charge in [0.05, 0.1) is 5.69 Å². The first-order valence-corrected chi connectivity index (χ1v) is 7.12. The summed E-state index contributed by atoms with van der Waals surface area (Å²) in [5, 5.41) is 10.4. The predicted molar refractivity (Wildman–Crippen MR) is 84.4 cm³/mol. The first-order chi connectivity index (χ1) is 10.4. The molecule has 0 saturated carbocycles. The van der Waals surface area contributed by atoms with Gasteiger partial charge < -0.3 is 9.67 Å². The fourth-order valence-electron chi connectivity index (χ4n) is 3.03. The van der Waals surface area contributed by atoms with Gasteiger partial charge in [-0.1, -0.05) is 30.3 Å². The maximum atomic E-state index is 12.7. The molecule has 0 aliphatic carbocycles. The van der Waals surface area contributed by atoms with Crippen LogP contribution in [0.1, 0.15) is 26.5 Å². The summed E-state index contributed by atoms with van der Waals surface area (Å²) in [6, 6.07) is 13.3. The highest BCUT2D eigenvalue weighted by molar-refractivity contribution is 6.26. The van der Waals surface area contributed by atoms with Gasteiger partial charge >= 0.3 is 0 Å². The summed E-state index contributed by atoms with van der Waals surface area (Å²) in [5.74, 6) is -1.01. The molecular formula is C18H17NO3. The maximum absolute atomic E-state index is 12.7. The quantitative estimate of drug-likeness (QED) is 0.864. The van der Waals surface area contributed by atoms with E-state index in [0.717, 1.165) is 11.3 Å². The standard InChI is InChI=1S/C18H17NO3/c1-11(20)15-16(21)14-10-9-13(12-7-5-4-6-8-12)19(14)18(2,3)17(15)22/h4-10,21H,1-3H3. The van der Waals surface area contributed by atoms with Gasteiger partial charge in [-0.3, -0.25) is 9.59 Å². The van der Waals surface area contributed by atoms with Crippen molar-refractivity contribution in [1.29, 1.82) is 0 Å². The van der Waals surface area contributed by atoms with E-state index < -0.39 is 11.3 Å². The summed E-state index contributed by atoms with van der Waals surface area (Å²) in [6.45, 7) is 4.83. The molecule has 3 rings (SSSR count). The minimum atomic E-state index is -0.933. The summed E-state index contributed by atoms with van der Waals surface area (Å²) >= 11 is 0. The van der Waals surface area contributed by atoms with Crippen molar-refractivity contribution in [3.05, 3.63) is 53.7 Å². The molecule has 1 aromatic carbocycles. The van der Waals surface area contributed by atoms with Crippen LogP contribution in [-0.2, 0) is 15.1 Å². The molecule has 0 saturated heterocycles. The van der Waals surface area contributed by atoms with Crippen molar-refractivity contribution in [1.82, 2.24) is 4.57 Å². The average molecular weight is 295 g/mol. The predicted octanol–water partition coefficient (Wildman–Crippen LogP) is 3.33. The number of aromatic nitrogens is 1. The van der Waals surface area contributed by atoms with Gasteiger partial charge in [0.2, 0.25) is 0 Å². The first-order valence-electron chi connectivity index (χ1n) is 7.12. The molecule has 1 aromatic heterocycles. The third-order valence-electron chi connectivity index (χ3n) is 4.12. The molecule has 0 bridgehead atoms. The van der Waals surface area contributed by atoms with Crippen LogP contribution in [0, 0.1) is 0 Å². The highest BCUT2D eigenvalue weighted by Crippen LogP contribution is 2.39. The van der Waals surface area contributed by atoms with Crippen molar-refractivity contribution >= 4 is 17.3 Å². The number of hydrogen-bond donors (Lipinski definition) is 1. The summed E-state index contributed by atoms with van der Waals surface area (Å²) < 4.78 is 1.80. The molecule has 0 amide bonds. The molecule has 1 N–H and O–H groups in total. The number of ketones is 2. The minimum Gasteiger partial charge on any atom is -0.505 e. The molecule has 1 aliphatic heterocycles. The molecule has 1 aliphatic rings. The lowest BCUT2D eigenvalue weighted by Crippen LogP contribution is -2.43. The smallest absolute Gasteiger partial charge is 0.195 e. The topological polar surface area (TPSA) is 59.3 Å². The lowest BCUT2D eigenvalue weighted by atomic mass is 9.86.